The summed E-state index contributed by atoms with van der Waals surface area (Å²) in [5, 5.41) is 9.16. The Morgan fingerprint density at radius 2 is 2.19 bits per heavy atom. The second kappa shape index (κ2) is 6.57. The van der Waals surface area contributed by atoms with Crippen LogP contribution < -0.4 is 4.72 Å². The highest BCUT2D eigenvalue weighted by Crippen LogP contribution is 2.22. The van der Waals surface area contributed by atoms with Crippen molar-refractivity contribution >= 4 is 21.6 Å². The number of sulfonamides is 1. The van der Waals surface area contributed by atoms with Crippen LogP contribution in [-0.2, 0) is 29.6 Å². The molecule has 0 aliphatic rings. The molecule has 0 aliphatic carbocycles. The molecular formula is C13H15ClN2O4S. The van der Waals surface area contributed by atoms with Crippen LogP contribution in [-0.4, -0.2) is 18.5 Å². The zero-order valence-corrected chi connectivity index (χ0v) is 12.9. The number of aliphatic hydroxyl groups is 1. The van der Waals surface area contributed by atoms with E-state index in [4.69, 9.17) is 21.1 Å². The molecule has 0 aliphatic heterocycles. The van der Waals surface area contributed by atoms with Gasteiger partial charge >= 0.3 is 0 Å². The Morgan fingerprint density at radius 3 is 2.81 bits per heavy atom. The molecule has 8 heteroatoms. The first kappa shape index (κ1) is 16.0. The second-order valence-corrected chi connectivity index (χ2v) is 6.46. The van der Waals surface area contributed by atoms with Crippen LogP contribution in [0.1, 0.15) is 24.1 Å². The molecule has 0 saturated heterocycles. The number of hydrogen-bond acceptors (Lipinski definition) is 5. The van der Waals surface area contributed by atoms with E-state index in [0.717, 1.165) is 0 Å². The average molecular weight is 331 g/mol. The SMILES string of the molecule is CCc1cnc(CNS(=O)(=O)c2cc(CO)ccc2Cl)o1. The molecule has 6 nitrogen and oxygen atoms in total. The van der Waals surface area contributed by atoms with Crippen molar-refractivity contribution in [1.29, 1.82) is 0 Å². The lowest BCUT2D eigenvalue weighted by molar-refractivity contribution is 0.281. The van der Waals surface area contributed by atoms with Gasteiger partial charge in [0.05, 0.1) is 24.4 Å². The zero-order chi connectivity index (χ0) is 15.5. The van der Waals surface area contributed by atoms with E-state index in [1.54, 1.807) is 12.3 Å². The predicted molar refractivity (Wildman–Crippen MR) is 77.3 cm³/mol. The minimum Gasteiger partial charge on any atom is -0.444 e. The van der Waals surface area contributed by atoms with Gasteiger partial charge in [-0.15, -0.1) is 0 Å². The minimum absolute atomic E-state index is 0.0674. The van der Waals surface area contributed by atoms with Crippen LogP contribution in [0.3, 0.4) is 0 Å². The maximum Gasteiger partial charge on any atom is 0.242 e. The summed E-state index contributed by atoms with van der Waals surface area (Å²) in [5.41, 5.74) is 0.462. The topological polar surface area (TPSA) is 92.4 Å². The normalized spacial score (nSPS) is 11.8. The van der Waals surface area contributed by atoms with Crippen LogP contribution in [0.2, 0.25) is 5.02 Å². The number of oxazole rings is 1. The Balaban J connectivity index is 2.18. The fraction of sp³-hybridized carbons (Fsp3) is 0.308. The Hall–Kier alpha value is -1.41. The number of aliphatic hydroxyl groups excluding tert-OH is 1. The zero-order valence-electron chi connectivity index (χ0n) is 11.3. The minimum atomic E-state index is -3.81. The molecule has 0 fully saturated rings. The van der Waals surface area contributed by atoms with Crippen molar-refractivity contribution in [2.24, 2.45) is 0 Å². The Kier molecular flexibility index (Phi) is 5.00. The summed E-state index contributed by atoms with van der Waals surface area (Å²) in [4.78, 5) is 3.89. The number of hydrogen-bond donors (Lipinski definition) is 2. The van der Waals surface area contributed by atoms with Crippen molar-refractivity contribution in [1.82, 2.24) is 9.71 Å². The third-order valence-corrected chi connectivity index (χ3v) is 4.71. The van der Waals surface area contributed by atoms with Crippen molar-refractivity contribution in [2.75, 3.05) is 0 Å². The van der Waals surface area contributed by atoms with Crippen LogP contribution in [0, 0.1) is 0 Å². The molecule has 0 radical (unpaired) electrons. The molecule has 2 N–H and O–H groups in total. The highest BCUT2D eigenvalue weighted by molar-refractivity contribution is 7.89. The molecular weight excluding hydrogens is 316 g/mol. The van der Waals surface area contributed by atoms with Gasteiger partial charge in [-0.3, -0.25) is 0 Å². The largest absolute Gasteiger partial charge is 0.444 e. The van der Waals surface area contributed by atoms with Gasteiger partial charge < -0.3 is 9.52 Å². The summed E-state index contributed by atoms with van der Waals surface area (Å²) >= 11 is 5.91. The van der Waals surface area contributed by atoms with E-state index in [0.29, 0.717) is 17.7 Å². The maximum absolute atomic E-state index is 12.2. The quantitative estimate of drug-likeness (QED) is 0.843. The highest BCUT2D eigenvalue weighted by Gasteiger charge is 2.19. The lowest BCUT2D eigenvalue weighted by Crippen LogP contribution is -2.23. The summed E-state index contributed by atoms with van der Waals surface area (Å²) in [6, 6.07) is 4.32. The number of nitrogens with one attached hydrogen (secondary N) is 1. The molecule has 0 bridgehead atoms. The number of aromatic nitrogens is 1. The summed E-state index contributed by atoms with van der Waals surface area (Å²) in [5.74, 6) is 0.967. The highest BCUT2D eigenvalue weighted by atomic mass is 35.5. The van der Waals surface area contributed by atoms with Gasteiger partial charge in [0, 0.05) is 6.42 Å². The lowest BCUT2D eigenvalue weighted by atomic mass is 10.2. The first-order chi connectivity index (χ1) is 9.96. The van der Waals surface area contributed by atoms with Crippen molar-refractivity contribution < 1.29 is 17.9 Å². The Labute approximate surface area is 127 Å². The van der Waals surface area contributed by atoms with Gasteiger partial charge in [0.1, 0.15) is 10.7 Å². The van der Waals surface area contributed by atoms with E-state index in [2.05, 4.69) is 9.71 Å². The number of benzene rings is 1. The second-order valence-electron chi connectivity index (χ2n) is 4.32. The molecule has 1 aromatic heterocycles. The number of nitrogens with zero attached hydrogens (tertiary/aromatic N) is 1. The molecule has 0 atom stereocenters. The summed E-state index contributed by atoms with van der Waals surface area (Å²) in [6.07, 6.45) is 2.24. The lowest BCUT2D eigenvalue weighted by Gasteiger charge is -2.08. The van der Waals surface area contributed by atoms with Crippen molar-refractivity contribution in [3.05, 3.63) is 46.6 Å². The van der Waals surface area contributed by atoms with Crippen molar-refractivity contribution in [2.45, 2.75) is 31.4 Å². The van der Waals surface area contributed by atoms with Gasteiger partial charge in [-0.25, -0.2) is 18.1 Å². The monoisotopic (exact) mass is 330 g/mol. The number of aryl methyl sites for hydroxylation is 1. The third-order valence-electron chi connectivity index (χ3n) is 2.83. The maximum atomic E-state index is 12.2. The third kappa shape index (κ3) is 3.82. The van der Waals surface area contributed by atoms with E-state index < -0.39 is 10.0 Å². The van der Waals surface area contributed by atoms with Crippen molar-refractivity contribution in [3.8, 4) is 0 Å². The molecule has 2 aromatic rings. The van der Waals surface area contributed by atoms with E-state index in [-0.39, 0.29) is 29.0 Å². The first-order valence-electron chi connectivity index (χ1n) is 6.28. The first-order valence-corrected chi connectivity index (χ1v) is 8.15. The molecule has 0 amide bonds. The number of rotatable bonds is 6. The number of halogens is 1. The van der Waals surface area contributed by atoms with Crippen LogP contribution in [0.5, 0.6) is 0 Å². The fourth-order valence-electron chi connectivity index (χ4n) is 1.68. The van der Waals surface area contributed by atoms with Gasteiger partial charge in [-0.2, -0.15) is 0 Å². The van der Waals surface area contributed by atoms with Gasteiger partial charge in [0.25, 0.3) is 0 Å². The van der Waals surface area contributed by atoms with Crippen LogP contribution in [0.4, 0.5) is 0 Å². The smallest absolute Gasteiger partial charge is 0.242 e. The molecule has 0 saturated carbocycles. The van der Waals surface area contributed by atoms with Crippen LogP contribution in [0.25, 0.3) is 0 Å². The molecule has 21 heavy (non-hydrogen) atoms. The Bertz CT molecular complexity index is 728. The fourth-order valence-corrected chi connectivity index (χ4v) is 3.20. The van der Waals surface area contributed by atoms with Crippen LogP contribution in [0.15, 0.2) is 33.7 Å². The molecule has 114 valence electrons. The summed E-state index contributed by atoms with van der Waals surface area (Å²) in [7, 11) is -3.81. The van der Waals surface area contributed by atoms with Gasteiger partial charge in [0.2, 0.25) is 15.9 Å². The average Bonchev–Trinajstić information content (AvgIpc) is 2.94. The molecule has 0 spiro atoms. The van der Waals surface area contributed by atoms with Gasteiger partial charge in [0.15, 0.2) is 0 Å². The van der Waals surface area contributed by atoms with Crippen LogP contribution >= 0.6 is 11.6 Å². The summed E-state index contributed by atoms with van der Waals surface area (Å²) < 4.78 is 32.1. The molecule has 0 unspecified atom stereocenters. The molecule has 2 rings (SSSR count). The molecule has 1 aromatic carbocycles. The summed E-state index contributed by atoms with van der Waals surface area (Å²) in [6.45, 7) is 1.58. The Morgan fingerprint density at radius 1 is 1.43 bits per heavy atom. The standard InChI is InChI=1S/C13H15ClN2O4S/c1-2-10-6-15-13(20-10)7-16-21(18,19)12-5-9(8-17)3-4-11(12)14/h3-6,16-17H,2,7-8H2,1H3. The van der Waals surface area contributed by atoms with Gasteiger partial charge in [-0.05, 0) is 17.7 Å². The van der Waals surface area contributed by atoms with E-state index in [1.165, 1.54) is 12.1 Å². The van der Waals surface area contributed by atoms with E-state index >= 15 is 0 Å². The van der Waals surface area contributed by atoms with Gasteiger partial charge in [-0.1, -0.05) is 24.6 Å². The van der Waals surface area contributed by atoms with Crippen molar-refractivity contribution in [3.63, 3.8) is 0 Å². The predicted octanol–water partition coefficient (Wildman–Crippen LogP) is 1.86. The van der Waals surface area contributed by atoms with E-state index in [1.807, 2.05) is 6.92 Å². The van der Waals surface area contributed by atoms with E-state index in [9.17, 15) is 8.42 Å². The molecule has 1 heterocycles.